The standard InChI is InChI=1S/C19H30N2O/c1-4-20(5-2)12-6-13-21-14-11-18(16-21)15-17-7-9-19(22-3)10-8-17/h7-10,15H,4-6,11-14,16H2,1-3H3. The summed E-state index contributed by atoms with van der Waals surface area (Å²) >= 11 is 0. The monoisotopic (exact) mass is 302 g/mol. The van der Waals surface area contributed by atoms with Gasteiger partial charge in [0.2, 0.25) is 0 Å². The van der Waals surface area contributed by atoms with Gasteiger partial charge in [-0.1, -0.05) is 37.6 Å². The molecule has 0 spiro atoms. The van der Waals surface area contributed by atoms with Crippen LogP contribution in [0.1, 0.15) is 32.3 Å². The van der Waals surface area contributed by atoms with Crippen LogP contribution in [0, 0.1) is 0 Å². The first-order valence-electron chi connectivity index (χ1n) is 8.53. The Kier molecular flexibility index (Phi) is 6.94. The summed E-state index contributed by atoms with van der Waals surface area (Å²) in [6.07, 6.45) is 4.82. The number of methoxy groups -OCH3 is 1. The maximum atomic E-state index is 5.21. The molecule has 1 aromatic carbocycles. The molecule has 0 unspecified atom stereocenters. The Morgan fingerprint density at radius 2 is 1.91 bits per heavy atom. The highest BCUT2D eigenvalue weighted by atomic mass is 16.5. The third-order valence-electron chi connectivity index (χ3n) is 4.51. The molecule has 1 heterocycles. The molecule has 1 aliphatic rings. The maximum absolute atomic E-state index is 5.21. The topological polar surface area (TPSA) is 15.7 Å². The normalized spacial score (nSPS) is 17.5. The van der Waals surface area contributed by atoms with Crippen LogP contribution in [0.15, 0.2) is 29.8 Å². The van der Waals surface area contributed by atoms with Gasteiger partial charge in [-0.3, -0.25) is 4.90 Å². The Balaban J connectivity index is 1.77. The van der Waals surface area contributed by atoms with Crippen LogP contribution in [0.2, 0.25) is 0 Å². The molecule has 3 heteroatoms. The van der Waals surface area contributed by atoms with E-state index in [2.05, 4.69) is 41.9 Å². The summed E-state index contributed by atoms with van der Waals surface area (Å²) in [6, 6.07) is 8.33. The average molecular weight is 302 g/mol. The van der Waals surface area contributed by atoms with E-state index in [0.29, 0.717) is 0 Å². The maximum Gasteiger partial charge on any atom is 0.118 e. The van der Waals surface area contributed by atoms with Crippen molar-refractivity contribution in [1.82, 2.24) is 9.80 Å². The molecule has 0 atom stereocenters. The number of ether oxygens (including phenoxy) is 1. The van der Waals surface area contributed by atoms with E-state index in [0.717, 1.165) is 12.3 Å². The molecule has 0 N–H and O–H groups in total. The quantitative estimate of drug-likeness (QED) is 0.731. The van der Waals surface area contributed by atoms with Gasteiger partial charge in [0.05, 0.1) is 7.11 Å². The summed E-state index contributed by atoms with van der Waals surface area (Å²) in [5, 5.41) is 0. The summed E-state index contributed by atoms with van der Waals surface area (Å²) in [5.41, 5.74) is 2.83. The Morgan fingerprint density at radius 3 is 2.55 bits per heavy atom. The summed E-state index contributed by atoms with van der Waals surface area (Å²) in [6.45, 7) is 11.6. The van der Waals surface area contributed by atoms with Crippen molar-refractivity contribution in [2.24, 2.45) is 0 Å². The van der Waals surface area contributed by atoms with Crippen molar-refractivity contribution >= 4 is 6.08 Å². The minimum absolute atomic E-state index is 0.923. The molecule has 0 saturated carbocycles. The van der Waals surface area contributed by atoms with Crippen molar-refractivity contribution in [2.45, 2.75) is 26.7 Å². The van der Waals surface area contributed by atoms with E-state index in [1.807, 2.05) is 12.1 Å². The predicted molar refractivity (Wildman–Crippen MR) is 94.4 cm³/mol. The predicted octanol–water partition coefficient (Wildman–Crippen LogP) is 3.52. The molecular weight excluding hydrogens is 272 g/mol. The fraction of sp³-hybridized carbons (Fsp3) is 0.579. The molecule has 1 saturated heterocycles. The highest BCUT2D eigenvalue weighted by Gasteiger charge is 2.16. The van der Waals surface area contributed by atoms with Crippen LogP contribution in [0.4, 0.5) is 0 Å². The summed E-state index contributed by atoms with van der Waals surface area (Å²) < 4.78 is 5.21. The first-order valence-corrected chi connectivity index (χ1v) is 8.53. The first-order chi connectivity index (χ1) is 10.7. The fourth-order valence-electron chi connectivity index (χ4n) is 3.05. The van der Waals surface area contributed by atoms with Crippen molar-refractivity contribution in [3.8, 4) is 5.75 Å². The number of nitrogens with zero attached hydrogens (tertiary/aromatic N) is 2. The van der Waals surface area contributed by atoms with Gasteiger partial charge in [0.25, 0.3) is 0 Å². The van der Waals surface area contributed by atoms with Gasteiger partial charge in [-0.25, -0.2) is 0 Å². The van der Waals surface area contributed by atoms with E-state index in [-0.39, 0.29) is 0 Å². The van der Waals surface area contributed by atoms with Gasteiger partial charge in [-0.2, -0.15) is 0 Å². The van der Waals surface area contributed by atoms with Gasteiger partial charge >= 0.3 is 0 Å². The highest BCUT2D eigenvalue weighted by molar-refractivity contribution is 5.54. The molecule has 0 aliphatic carbocycles. The largest absolute Gasteiger partial charge is 0.497 e. The molecule has 1 aliphatic heterocycles. The van der Waals surface area contributed by atoms with Crippen LogP contribution in [-0.4, -0.2) is 56.2 Å². The van der Waals surface area contributed by atoms with Crippen molar-refractivity contribution < 1.29 is 4.74 Å². The molecule has 0 amide bonds. The van der Waals surface area contributed by atoms with E-state index in [4.69, 9.17) is 4.74 Å². The van der Waals surface area contributed by atoms with Crippen LogP contribution in [0.5, 0.6) is 5.75 Å². The third kappa shape index (κ3) is 5.15. The minimum Gasteiger partial charge on any atom is -0.497 e. The molecule has 0 bridgehead atoms. The van der Waals surface area contributed by atoms with Crippen LogP contribution in [0.3, 0.4) is 0 Å². The van der Waals surface area contributed by atoms with Gasteiger partial charge in [0, 0.05) is 13.1 Å². The van der Waals surface area contributed by atoms with Crippen LogP contribution < -0.4 is 4.74 Å². The van der Waals surface area contributed by atoms with E-state index in [1.54, 1.807) is 12.7 Å². The van der Waals surface area contributed by atoms with E-state index in [9.17, 15) is 0 Å². The molecule has 1 aromatic rings. The lowest BCUT2D eigenvalue weighted by molar-refractivity contribution is 0.265. The van der Waals surface area contributed by atoms with Gasteiger partial charge in [0.15, 0.2) is 0 Å². The van der Waals surface area contributed by atoms with E-state index in [1.165, 1.54) is 51.1 Å². The zero-order valence-corrected chi connectivity index (χ0v) is 14.3. The molecule has 1 fully saturated rings. The van der Waals surface area contributed by atoms with Crippen LogP contribution in [-0.2, 0) is 0 Å². The second-order valence-electron chi connectivity index (χ2n) is 5.98. The summed E-state index contributed by atoms with van der Waals surface area (Å²) in [7, 11) is 1.71. The molecule has 3 nitrogen and oxygen atoms in total. The molecule has 0 radical (unpaired) electrons. The Hall–Kier alpha value is -1.32. The van der Waals surface area contributed by atoms with Gasteiger partial charge < -0.3 is 9.64 Å². The zero-order valence-electron chi connectivity index (χ0n) is 14.3. The SMILES string of the molecule is CCN(CC)CCCN1CCC(=Cc2ccc(OC)cc2)C1. The minimum atomic E-state index is 0.923. The van der Waals surface area contributed by atoms with E-state index >= 15 is 0 Å². The van der Waals surface area contributed by atoms with Crippen molar-refractivity contribution in [1.29, 1.82) is 0 Å². The second kappa shape index (κ2) is 8.96. The fourth-order valence-corrected chi connectivity index (χ4v) is 3.05. The molecular formula is C19H30N2O. The van der Waals surface area contributed by atoms with Gasteiger partial charge in [-0.05, 0) is 56.7 Å². The lowest BCUT2D eigenvalue weighted by Gasteiger charge is -2.20. The second-order valence-corrected chi connectivity index (χ2v) is 5.98. The number of hydrogen-bond acceptors (Lipinski definition) is 3. The molecule has 22 heavy (non-hydrogen) atoms. The molecule has 2 rings (SSSR count). The smallest absolute Gasteiger partial charge is 0.118 e. The number of rotatable bonds is 8. The Labute approximate surface area is 135 Å². The first kappa shape index (κ1) is 17.0. The third-order valence-corrected chi connectivity index (χ3v) is 4.51. The number of benzene rings is 1. The molecule has 0 aromatic heterocycles. The average Bonchev–Trinajstić information content (AvgIpc) is 3.00. The van der Waals surface area contributed by atoms with Gasteiger partial charge in [0.1, 0.15) is 5.75 Å². The zero-order chi connectivity index (χ0) is 15.8. The van der Waals surface area contributed by atoms with Crippen molar-refractivity contribution in [2.75, 3.05) is 46.4 Å². The van der Waals surface area contributed by atoms with E-state index < -0.39 is 0 Å². The van der Waals surface area contributed by atoms with Crippen LogP contribution >= 0.6 is 0 Å². The summed E-state index contributed by atoms with van der Waals surface area (Å²) in [4.78, 5) is 5.09. The van der Waals surface area contributed by atoms with Crippen molar-refractivity contribution in [3.05, 3.63) is 35.4 Å². The van der Waals surface area contributed by atoms with Gasteiger partial charge in [-0.15, -0.1) is 0 Å². The Bertz CT molecular complexity index is 463. The number of likely N-dealkylation sites (tertiary alicyclic amines) is 1. The lowest BCUT2D eigenvalue weighted by atomic mass is 10.1. The number of hydrogen-bond donors (Lipinski definition) is 0. The summed E-state index contributed by atoms with van der Waals surface area (Å²) in [5.74, 6) is 0.923. The molecule has 122 valence electrons. The highest BCUT2D eigenvalue weighted by Crippen LogP contribution is 2.20. The van der Waals surface area contributed by atoms with Crippen LogP contribution in [0.25, 0.3) is 6.08 Å². The Morgan fingerprint density at radius 1 is 1.18 bits per heavy atom. The lowest BCUT2D eigenvalue weighted by Crippen LogP contribution is -2.28. The van der Waals surface area contributed by atoms with Crippen molar-refractivity contribution in [3.63, 3.8) is 0 Å².